The molecule has 7 heteroatoms. The number of aryl methyl sites for hydroxylation is 1. The summed E-state index contributed by atoms with van der Waals surface area (Å²) in [7, 11) is 0. The molecule has 0 amide bonds. The third-order valence-corrected chi connectivity index (χ3v) is 6.53. The lowest BCUT2D eigenvalue weighted by molar-refractivity contribution is 0.170. The minimum atomic E-state index is -0.369. The van der Waals surface area contributed by atoms with Gasteiger partial charge in [-0.3, -0.25) is 4.90 Å². The highest BCUT2D eigenvalue weighted by molar-refractivity contribution is 6.35. The Balaban J connectivity index is 1.40. The van der Waals surface area contributed by atoms with E-state index < -0.39 is 0 Å². The van der Waals surface area contributed by atoms with Crippen LogP contribution in [0.15, 0.2) is 57.4 Å². The molecule has 166 valence electrons. The lowest BCUT2D eigenvalue weighted by Gasteiger charge is -2.32. The monoisotopic (exact) mass is 471 g/mol. The van der Waals surface area contributed by atoms with Gasteiger partial charge in [0.2, 0.25) is 0 Å². The molecular weight excluding hydrogens is 449 g/mol. The third-order valence-electron chi connectivity index (χ3n) is 6.03. The number of benzene rings is 2. The summed E-state index contributed by atoms with van der Waals surface area (Å²) in [5.74, 6) is 2.09. The van der Waals surface area contributed by atoms with Crippen LogP contribution < -0.4 is 15.1 Å². The molecule has 3 heterocycles. The quantitative estimate of drug-likeness (QED) is 0.418. The molecule has 3 aromatic rings. The van der Waals surface area contributed by atoms with Gasteiger partial charge in [-0.2, -0.15) is 0 Å². The van der Waals surface area contributed by atoms with Gasteiger partial charge in [0.25, 0.3) is 0 Å². The Morgan fingerprint density at radius 2 is 1.94 bits per heavy atom. The number of likely N-dealkylation sites (tertiary alicyclic amines) is 1. The maximum absolute atomic E-state index is 11.7. The van der Waals surface area contributed by atoms with E-state index in [-0.39, 0.29) is 11.7 Å². The van der Waals surface area contributed by atoms with E-state index in [1.165, 1.54) is 12.5 Å². The van der Waals surface area contributed by atoms with E-state index in [2.05, 4.69) is 4.90 Å². The van der Waals surface area contributed by atoms with Crippen molar-refractivity contribution in [3.63, 3.8) is 0 Å². The average molecular weight is 472 g/mol. The molecule has 2 aromatic carbocycles. The maximum atomic E-state index is 11.7. The lowest BCUT2D eigenvalue weighted by atomic mass is 10.0. The number of ether oxygens (including phenoxy) is 2. The fourth-order valence-corrected chi connectivity index (χ4v) is 5.09. The van der Waals surface area contributed by atoms with E-state index >= 15 is 0 Å². The van der Waals surface area contributed by atoms with Gasteiger partial charge in [-0.15, -0.1) is 0 Å². The molecule has 1 saturated heterocycles. The first-order valence-electron chi connectivity index (χ1n) is 10.8. The van der Waals surface area contributed by atoms with Gasteiger partial charge in [-0.1, -0.05) is 29.6 Å². The molecule has 0 unspecified atom stereocenters. The van der Waals surface area contributed by atoms with E-state index in [1.54, 1.807) is 12.1 Å². The summed E-state index contributed by atoms with van der Waals surface area (Å²) < 4.78 is 17.5. The summed E-state index contributed by atoms with van der Waals surface area (Å²) in [6, 6.07) is 10.6. The van der Waals surface area contributed by atoms with Crippen molar-refractivity contribution in [2.75, 3.05) is 19.7 Å². The summed E-state index contributed by atoms with van der Waals surface area (Å²) in [6.45, 7) is 4.19. The van der Waals surface area contributed by atoms with Gasteiger partial charge in [0, 0.05) is 28.1 Å². The summed E-state index contributed by atoms with van der Waals surface area (Å²) >= 11 is 12.7. The fourth-order valence-electron chi connectivity index (χ4n) is 4.54. The smallest absolute Gasteiger partial charge is 0.336 e. The summed E-state index contributed by atoms with van der Waals surface area (Å²) in [4.78, 5) is 14.1. The largest absolute Gasteiger partial charge is 0.489 e. The van der Waals surface area contributed by atoms with Crippen molar-refractivity contribution in [3.05, 3.63) is 79.8 Å². The first kappa shape index (κ1) is 21.4. The van der Waals surface area contributed by atoms with Crippen LogP contribution in [0.25, 0.3) is 11.0 Å². The van der Waals surface area contributed by atoms with Crippen molar-refractivity contribution >= 4 is 34.2 Å². The molecule has 1 atom stereocenters. The van der Waals surface area contributed by atoms with E-state index in [0.717, 1.165) is 48.2 Å². The number of hydrogen-bond donors (Lipinski definition) is 0. The molecule has 0 saturated carbocycles. The van der Waals surface area contributed by atoms with Crippen molar-refractivity contribution in [1.82, 2.24) is 4.90 Å². The molecule has 0 bridgehead atoms. The molecule has 1 fully saturated rings. The lowest BCUT2D eigenvalue weighted by Crippen LogP contribution is -2.34. The average Bonchev–Trinajstić information content (AvgIpc) is 3.12. The van der Waals surface area contributed by atoms with Gasteiger partial charge >= 0.3 is 5.63 Å². The first-order chi connectivity index (χ1) is 15.5. The standard InChI is InChI=1S/C25H23Cl2NO4/c1-15-11-23(29)31-22-14-17(5-6-18(15)22)30-10-7-21-24(28-8-3-2-4-9-28)19-12-16(26)13-20(27)25(19)32-21/h5-7,11-14,24H,2-4,8-10H2,1H3/b21-7+/t24-/m0/s1. The Bertz CT molecular complexity index is 1260. The van der Waals surface area contributed by atoms with Gasteiger partial charge < -0.3 is 13.9 Å². The Morgan fingerprint density at radius 1 is 1.12 bits per heavy atom. The molecule has 2 aliphatic heterocycles. The maximum Gasteiger partial charge on any atom is 0.336 e. The van der Waals surface area contributed by atoms with E-state index in [9.17, 15) is 4.79 Å². The number of halogens is 2. The highest BCUT2D eigenvalue weighted by Crippen LogP contribution is 2.48. The van der Waals surface area contributed by atoms with Gasteiger partial charge in [0.05, 0.1) is 11.1 Å². The highest BCUT2D eigenvalue weighted by atomic mass is 35.5. The fraction of sp³-hybridized carbons (Fsp3) is 0.320. The minimum absolute atomic E-state index is 0.0256. The minimum Gasteiger partial charge on any atom is -0.489 e. The number of fused-ring (bicyclic) bond motifs is 2. The van der Waals surface area contributed by atoms with Crippen LogP contribution in [0.2, 0.25) is 10.0 Å². The van der Waals surface area contributed by atoms with E-state index in [4.69, 9.17) is 37.1 Å². The van der Waals surface area contributed by atoms with Gasteiger partial charge in [0.15, 0.2) is 5.75 Å². The van der Waals surface area contributed by atoms with Crippen molar-refractivity contribution in [1.29, 1.82) is 0 Å². The first-order valence-corrected chi connectivity index (χ1v) is 11.5. The molecule has 0 spiro atoms. The molecule has 5 nitrogen and oxygen atoms in total. The SMILES string of the molecule is Cc1cc(=O)oc2cc(OC/C=C3/Oc4c(Cl)cc(Cl)cc4[C@@H]3N3CCCCC3)ccc12. The van der Waals surface area contributed by atoms with Gasteiger partial charge in [-0.05, 0) is 68.8 Å². The molecule has 1 aromatic heterocycles. The zero-order valence-electron chi connectivity index (χ0n) is 17.7. The van der Waals surface area contributed by atoms with Crippen LogP contribution in [0.1, 0.15) is 36.4 Å². The molecule has 5 rings (SSSR count). The topological polar surface area (TPSA) is 51.9 Å². The number of hydrogen-bond acceptors (Lipinski definition) is 5. The second-order valence-electron chi connectivity index (χ2n) is 8.23. The molecule has 32 heavy (non-hydrogen) atoms. The summed E-state index contributed by atoms with van der Waals surface area (Å²) in [6.07, 6.45) is 5.50. The van der Waals surface area contributed by atoms with Crippen LogP contribution in [0.3, 0.4) is 0 Å². The Labute approximate surface area is 196 Å². The second-order valence-corrected chi connectivity index (χ2v) is 9.07. The van der Waals surface area contributed by atoms with Crippen molar-refractivity contribution < 1.29 is 13.9 Å². The van der Waals surface area contributed by atoms with Crippen molar-refractivity contribution in [3.8, 4) is 11.5 Å². The molecule has 0 aliphatic carbocycles. The Morgan fingerprint density at radius 3 is 2.75 bits per heavy atom. The van der Waals surface area contributed by atoms with Crippen LogP contribution in [-0.2, 0) is 0 Å². The summed E-state index contributed by atoms with van der Waals surface area (Å²) in [5, 5.41) is 2.00. The zero-order chi connectivity index (χ0) is 22.2. The number of piperidine rings is 1. The van der Waals surface area contributed by atoms with Crippen LogP contribution >= 0.6 is 23.2 Å². The second kappa shape index (κ2) is 8.81. The highest BCUT2D eigenvalue weighted by Gasteiger charge is 2.36. The molecule has 0 radical (unpaired) electrons. The normalized spacial score (nSPS) is 19.8. The Hall–Kier alpha value is -2.47. The van der Waals surface area contributed by atoms with E-state index in [1.807, 2.05) is 31.2 Å². The van der Waals surface area contributed by atoms with Crippen LogP contribution in [0.4, 0.5) is 0 Å². The predicted molar refractivity (Wildman–Crippen MR) is 126 cm³/mol. The van der Waals surface area contributed by atoms with Crippen LogP contribution in [-0.4, -0.2) is 24.6 Å². The van der Waals surface area contributed by atoms with Crippen molar-refractivity contribution in [2.45, 2.75) is 32.2 Å². The van der Waals surface area contributed by atoms with Crippen molar-refractivity contribution in [2.24, 2.45) is 0 Å². The van der Waals surface area contributed by atoms with E-state index in [0.29, 0.717) is 33.7 Å². The van der Waals surface area contributed by atoms with Gasteiger partial charge in [-0.25, -0.2) is 4.79 Å². The molecular formula is C25H23Cl2NO4. The number of rotatable bonds is 4. The molecule has 2 aliphatic rings. The van der Waals surface area contributed by atoms with Gasteiger partial charge in [0.1, 0.15) is 23.7 Å². The molecule has 0 N–H and O–H groups in total. The zero-order valence-corrected chi connectivity index (χ0v) is 19.2. The third kappa shape index (κ3) is 4.13. The predicted octanol–water partition coefficient (Wildman–Crippen LogP) is 6.29. The summed E-state index contributed by atoms with van der Waals surface area (Å²) in [5.41, 5.74) is 2.02. The van der Waals surface area contributed by atoms with Crippen LogP contribution in [0, 0.1) is 6.92 Å². The number of nitrogens with zero attached hydrogens (tertiary/aromatic N) is 1. The van der Waals surface area contributed by atoms with Crippen LogP contribution in [0.5, 0.6) is 11.5 Å². The Kier molecular flexibility index (Phi) is 5.89.